The van der Waals surface area contributed by atoms with Crippen LogP contribution in [0.15, 0.2) is 24.3 Å². The zero-order valence-electron chi connectivity index (χ0n) is 11.8. The molecule has 0 spiro atoms. The Labute approximate surface area is 120 Å². The van der Waals surface area contributed by atoms with Crippen molar-refractivity contribution in [2.75, 3.05) is 20.3 Å². The first kappa shape index (κ1) is 16.4. The molecule has 0 bridgehead atoms. The summed E-state index contributed by atoms with van der Waals surface area (Å²) in [6, 6.07) is 7.26. The number of halogens is 1. The van der Waals surface area contributed by atoms with Crippen molar-refractivity contribution >= 4 is 11.6 Å². The van der Waals surface area contributed by atoms with Gasteiger partial charge in [0.1, 0.15) is 0 Å². The predicted molar refractivity (Wildman–Crippen MR) is 77.6 cm³/mol. The van der Waals surface area contributed by atoms with Gasteiger partial charge < -0.3 is 14.9 Å². The van der Waals surface area contributed by atoms with Crippen LogP contribution < -0.4 is 0 Å². The maximum Gasteiger partial charge on any atom is 0.0623 e. The molecule has 0 aliphatic carbocycles. The largest absolute Gasteiger partial charge is 0.395 e. The summed E-state index contributed by atoms with van der Waals surface area (Å²) in [7, 11) is 1.67. The zero-order valence-corrected chi connectivity index (χ0v) is 12.6. The maximum absolute atomic E-state index is 9.74. The first-order chi connectivity index (χ1) is 8.89. The number of methoxy groups -OCH3 is 1. The minimum Gasteiger partial charge on any atom is -0.395 e. The molecule has 0 aliphatic rings. The van der Waals surface area contributed by atoms with Crippen LogP contribution >= 0.6 is 11.6 Å². The second-order valence-corrected chi connectivity index (χ2v) is 6.00. The fourth-order valence-corrected chi connectivity index (χ4v) is 2.11. The number of aliphatic hydroxyl groups excluding tert-OH is 2. The Balaban J connectivity index is 2.94. The monoisotopic (exact) mass is 286 g/mol. The quantitative estimate of drug-likeness (QED) is 0.810. The lowest BCUT2D eigenvalue weighted by Crippen LogP contribution is -2.37. The van der Waals surface area contributed by atoms with Gasteiger partial charge in [0.25, 0.3) is 0 Å². The molecule has 0 saturated heterocycles. The summed E-state index contributed by atoms with van der Waals surface area (Å²) in [5.74, 6) is 0. The van der Waals surface area contributed by atoms with Gasteiger partial charge in [0.05, 0.1) is 18.8 Å². The molecular weight excluding hydrogens is 264 g/mol. The van der Waals surface area contributed by atoms with Crippen molar-refractivity contribution in [3.05, 3.63) is 34.9 Å². The van der Waals surface area contributed by atoms with E-state index in [4.69, 9.17) is 16.3 Å². The third-order valence-corrected chi connectivity index (χ3v) is 4.07. The summed E-state index contributed by atoms with van der Waals surface area (Å²) in [6.45, 7) is 3.78. The van der Waals surface area contributed by atoms with Gasteiger partial charge in [-0.1, -0.05) is 23.7 Å². The van der Waals surface area contributed by atoms with Crippen LogP contribution in [0, 0.1) is 0 Å². The van der Waals surface area contributed by atoms with Gasteiger partial charge in [-0.25, -0.2) is 0 Å². The van der Waals surface area contributed by atoms with Gasteiger partial charge >= 0.3 is 0 Å². The van der Waals surface area contributed by atoms with Crippen LogP contribution in [-0.2, 0) is 10.2 Å². The molecule has 0 fully saturated rings. The fraction of sp³-hybridized carbons (Fsp3) is 0.600. The van der Waals surface area contributed by atoms with E-state index >= 15 is 0 Å². The average Bonchev–Trinajstić information content (AvgIpc) is 2.42. The smallest absolute Gasteiger partial charge is 0.0623 e. The van der Waals surface area contributed by atoms with Gasteiger partial charge in [-0.2, -0.15) is 0 Å². The highest BCUT2D eigenvalue weighted by atomic mass is 35.5. The van der Waals surface area contributed by atoms with Crippen molar-refractivity contribution < 1.29 is 14.9 Å². The van der Waals surface area contributed by atoms with Crippen LogP contribution in [0.5, 0.6) is 0 Å². The van der Waals surface area contributed by atoms with Crippen molar-refractivity contribution in [2.45, 2.75) is 37.7 Å². The second-order valence-electron chi connectivity index (χ2n) is 5.57. The molecule has 4 heteroatoms. The van der Waals surface area contributed by atoms with E-state index in [1.807, 2.05) is 26.0 Å². The second kappa shape index (κ2) is 6.71. The highest BCUT2D eigenvalue weighted by Crippen LogP contribution is 2.32. The summed E-state index contributed by atoms with van der Waals surface area (Å²) >= 11 is 5.88. The van der Waals surface area contributed by atoms with E-state index in [2.05, 4.69) is 0 Å². The van der Waals surface area contributed by atoms with Crippen molar-refractivity contribution in [1.82, 2.24) is 0 Å². The summed E-state index contributed by atoms with van der Waals surface area (Å²) in [6.07, 6.45) is 1.38. The van der Waals surface area contributed by atoms with E-state index < -0.39 is 5.41 Å². The minimum absolute atomic E-state index is 0.106. The van der Waals surface area contributed by atoms with E-state index in [0.29, 0.717) is 11.4 Å². The van der Waals surface area contributed by atoms with Gasteiger partial charge in [-0.3, -0.25) is 0 Å². The summed E-state index contributed by atoms with van der Waals surface area (Å²) in [5.41, 5.74) is -0.0311. The molecule has 0 amide bonds. The predicted octanol–water partition coefficient (Wildman–Crippen LogP) is 2.77. The summed E-state index contributed by atoms with van der Waals surface area (Å²) in [5, 5.41) is 20.1. The van der Waals surface area contributed by atoms with Gasteiger partial charge in [0.2, 0.25) is 0 Å². The SMILES string of the molecule is COC(C)(C)CCC(CO)(CO)c1ccc(Cl)cc1. The topological polar surface area (TPSA) is 49.7 Å². The van der Waals surface area contributed by atoms with Crippen molar-refractivity contribution in [2.24, 2.45) is 0 Å². The van der Waals surface area contributed by atoms with Crippen LogP contribution in [-0.4, -0.2) is 36.1 Å². The van der Waals surface area contributed by atoms with E-state index in [1.165, 1.54) is 0 Å². The number of hydrogen-bond acceptors (Lipinski definition) is 3. The Kier molecular flexibility index (Phi) is 5.81. The molecule has 0 heterocycles. The number of hydrogen-bond donors (Lipinski definition) is 2. The molecule has 1 aromatic carbocycles. The normalized spacial score (nSPS) is 12.7. The van der Waals surface area contributed by atoms with Crippen LogP contribution in [0.1, 0.15) is 32.3 Å². The van der Waals surface area contributed by atoms with Gasteiger partial charge in [0.15, 0.2) is 0 Å². The number of rotatable bonds is 7. The lowest BCUT2D eigenvalue weighted by molar-refractivity contribution is 0.000226. The van der Waals surface area contributed by atoms with Crippen LogP contribution in [0.25, 0.3) is 0 Å². The molecule has 0 atom stereocenters. The Bertz CT molecular complexity index is 383. The summed E-state index contributed by atoms with van der Waals surface area (Å²) < 4.78 is 5.39. The molecule has 108 valence electrons. The molecule has 0 unspecified atom stereocenters. The summed E-state index contributed by atoms with van der Waals surface area (Å²) in [4.78, 5) is 0. The van der Waals surface area contributed by atoms with Gasteiger partial charge in [0, 0.05) is 17.5 Å². The molecule has 3 nitrogen and oxygen atoms in total. The molecular formula is C15H23ClO3. The van der Waals surface area contributed by atoms with E-state index in [9.17, 15) is 10.2 Å². The average molecular weight is 287 g/mol. The number of benzene rings is 1. The van der Waals surface area contributed by atoms with Crippen molar-refractivity contribution in [3.63, 3.8) is 0 Å². The number of ether oxygens (including phenoxy) is 1. The molecule has 1 rings (SSSR count). The Morgan fingerprint density at radius 2 is 1.58 bits per heavy atom. The van der Waals surface area contributed by atoms with Crippen molar-refractivity contribution in [1.29, 1.82) is 0 Å². The van der Waals surface area contributed by atoms with E-state index in [1.54, 1.807) is 19.2 Å². The maximum atomic E-state index is 9.74. The van der Waals surface area contributed by atoms with E-state index in [0.717, 1.165) is 12.0 Å². The molecule has 0 radical (unpaired) electrons. The Morgan fingerprint density at radius 3 is 2.00 bits per heavy atom. The highest BCUT2D eigenvalue weighted by molar-refractivity contribution is 6.30. The third-order valence-electron chi connectivity index (χ3n) is 3.82. The third kappa shape index (κ3) is 4.18. The van der Waals surface area contributed by atoms with E-state index in [-0.39, 0.29) is 18.8 Å². The van der Waals surface area contributed by atoms with Gasteiger partial charge in [-0.05, 0) is 44.4 Å². The molecule has 0 aromatic heterocycles. The molecule has 0 saturated carbocycles. The van der Waals surface area contributed by atoms with Crippen molar-refractivity contribution in [3.8, 4) is 0 Å². The molecule has 2 N–H and O–H groups in total. The first-order valence-electron chi connectivity index (χ1n) is 6.42. The fourth-order valence-electron chi connectivity index (χ4n) is 1.98. The van der Waals surface area contributed by atoms with Crippen LogP contribution in [0.4, 0.5) is 0 Å². The van der Waals surface area contributed by atoms with Crippen LogP contribution in [0.3, 0.4) is 0 Å². The lowest BCUT2D eigenvalue weighted by atomic mass is 9.76. The Morgan fingerprint density at radius 1 is 1.05 bits per heavy atom. The standard InChI is InChI=1S/C15H23ClO3/c1-14(2,19-3)8-9-15(10-17,11-18)12-4-6-13(16)7-5-12/h4-7,17-18H,8-11H2,1-3H3. The molecule has 1 aromatic rings. The minimum atomic E-state index is -0.652. The van der Waals surface area contributed by atoms with Crippen LogP contribution in [0.2, 0.25) is 5.02 Å². The van der Waals surface area contributed by atoms with Gasteiger partial charge in [-0.15, -0.1) is 0 Å². The highest BCUT2D eigenvalue weighted by Gasteiger charge is 2.33. The zero-order chi connectivity index (χ0) is 14.5. The molecule has 0 aliphatic heterocycles. The first-order valence-corrected chi connectivity index (χ1v) is 6.80. The Hall–Kier alpha value is -0.610. The molecule has 19 heavy (non-hydrogen) atoms. The number of aliphatic hydroxyl groups is 2. The lowest BCUT2D eigenvalue weighted by Gasteiger charge is -2.34.